The molecule has 1 aromatic carbocycles. The number of aldehydes is 1. The van der Waals surface area contributed by atoms with Crippen molar-refractivity contribution < 1.29 is 9.59 Å². The number of nitrogen functional groups attached to an aromatic ring is 1. The monoisotopic (exact) mass is 439 g/mol. The normalized spacial score (nSPS) is 12.8. The number of rotatable bonds is 15. The Morgan fingerprint density at radius 3 is 2.62 bits per heavy atom. The van der Waals surface area contributed by atoms with Crippen molar-refractivity contribution in [2.24, 2.45) is 0 Å². The Bertz CT molecular complexity index is 828. The van der Waals surface area contributed by atoms with E-state index < -0.39 is 6.04 Å². The lowest BCUT2D eigenvalue weighted by atomic mass is 10.0. The Morgan fingerprint density at radius 2 is 1.94 bits per heavy atom. The van der Waals surface area contributed by atoms with E-state index in [-0.39, 0.29) is 11.9 Å². The zero-order chi connectivity index (χ0) is 23.2. The number of aromatic nitrogens is 1. The van der Waals surface area contributed by atoms with Crippen LogP contribution in [0.25, 0.3) is 0 Å². The quantitative estimate of drug-likeness (QED) is 0.251. The van der Waals surface area contributed by atoms with Crippen LogP contribution in [-0.2, 0) is 22.6 Å². The molecule has 0 aliphatic rings. The molecule has 1 aromatic heterocycles. The van der Waals surface area contributed by atoms with E-state index in [0.29, 0.717) is 25.3 Å². The number of aryl methyl sites for hydroxylation is 2. The van der Waals surface area contributed by atoms with Gasteiger partial charge in [-0.1, -0.05) is 56.2 Å². The van der Waals surface area contributed by atoms with Crippen LogP contribution in [0.3, 0.4) is 0 Å². The standard InChI is InChI=1S/C25H37N5O2/c1-3-4-8-15-28-23(13-11-20-9-6-5-7-10-20)25(32)30-22(18-31)17-27-16-21-12-14-24(26)29-19(21)2/h5-7,9-10,12,14,18,22-23,27-28H,3-4,8,11,13,15-17H2,1-2H3,(H2,26,29)(H,30,32)/t22-,23+/m0/s1. The Morgan fingerprint density at radius 1 is 1.16 bits per heavy atom. The number of amides is 1. The van der Waals surface area contributed by atoms with Gasteiger partial charge in [0.1, 0.15) is 12.1 Å². The molecule has 7 heteroatoms. The molecular formula is C25H37N5O2. The third-order valence-corrected chi connectivity index (χ3v) is 5.44. The van der Waals surface area contributed by atoms with Gasteiger partial charge in [-0.3, -0.25) is 4.79 Å². The van der Waals surface area contributed by atoms with Crippen molar-refractivity contribution in [1.29, 1.82) is 0 Å². The van der Waals surface area contributed by atoms with E-state index in [9.17, 15) is 9.59 Å². The lowest BCUT2D eigenvalue weighted by Gasteiger charge is -2.21. The molecule has 0 bridgehead atoms. The van der Waals surface area contributed by atoms with Gasteiger partial charge in [0.2, 0.25) is 5.91 Å². The van der Waals surface area contributed by atoms with Gasteiger partial charge in [0.15, 0.2) is 0 Å². The second kappa shape index (κ2) is 14.3. The third kappa shape index (κ3) is 9.16. The number of carbonyl (C=O) groups is 2. The van der Waals surface area contributed by atoms with Crippen LogP contribution < -0.4 is 21.7 Å². The molecule has 2 aromatic rings. The molecule has 0 spiro atoms. The van der Waals surface area contributed by atoms with Gasteiger partial charge < -0.3 is 26.5 Å². The Balaban J connectivity index is 1.87. The first-order valence-corrected chi connectivity index (χ1v) is 11.5. The summed E-state index contributed by atoms with van der Waals surface area (Å²) < 4.78 is 0. The minimum absolute atomic E-state index is 0.137. The van der Waals surface area contributed by atoms with Crippen LogP contribution in [0.4, 0.5) is 5.82 Å². The number of hydrogen-bond donors (Lipinski definition) is 4. The predicted molar refractivity (Wildman–Crippen MR) is 129 cm³/mol. The minimum Gasteiger partial charge on any atom is -0.384 e. The van der Waals surface area contributed by atoms with Crippen molar-refractivity contribution in [3.05, 3.63) is 59.3 Å². The summed E-state index contributed by atoms with van der Waals surface area (Å²) in [5, 5.41) is 9.49. The molecule has 2 rings (SSSR count). The zero-order valence-corrected chi connectivity index (χ0v) is 19.3. The van der Waals surface area contributed by atoms with E-state index in [1.165, 1.54) is 5.56 Å². The summed E-state index contributed by atoms with van der Waals surface area (Å²) >= 11 is 0. The number of nitrogens with one attached hydrogen (secondary N) is 3. The van der Waals surface area contributed by atoms with Gasteiger partial charge in [-0.15, -0.1) is 0 Å². The van der Waals surface area contributed by atoms with Crippen LogP contribution >= 0.6 is 0 Å². The molecule has 1 amide bonds. The molecule has 5 N–H and O–H groups in total. The molecule has 1 heterocycles. The number of benzene rings is 1. The molecule has 0 saturated carbocycles. The molecule has 0 aliphatic heterocycles. The molecule has 0 fully saturated rings. The highest BCUT2D eigenvalue weighted by molar-refractivity contribution is 5.84. The van der Waals surface area contributed by atoms with Crippen molar-refractivity contribution in [2.45, 2.75) is 64.6 Å². The number of nitrogens with two attached hydrogens (primary N) is 1. The fourth-order valence-corrected chi connectivity index (χ4v) is 3.51. The largest absolute Gasteiger partial charge is 0.384 e. The van der Waals surface area contributed by atoms with Crippen LogP contribution in [0, 0.1) is 6.92 Å². The molecule has 7 nitrogen and oxygen atoms in total. The van der Waals surface area contributed by atoms with Gasteiger partial charge in [-0.2, -0.15) is 0 Å². The number of anilines is 1. The average Bonchev–Trinajstić information content (AvgIpc) is 2.79. The first-order valence-electron chi connectivity index (χ1n) is 11.5. The van der Waals surface area contributed by atoms with Crippen LogP contribution in [0.2, 0.25) is 0 Å². The highest BCUT2D eigenvalue weighted by Crippen LogP contribution is 2.08. The number of pyridine rings is 1. The molecule has 0 radical (unpaired) electrons. The summed E-state index contributed by atoms with van der Waals surface area (Å²) in [6.07, 6.45) is 5.54. The molecule has 2 atom stereocenters. The van der Waals surface area contributed by atoms with Crippen molar-refractivity contribution >= 4 is 18.0 Å². The Hall–Kier alpha value is -2.77. The molecule has 32 heavy (non-hydrogen) atoms. The first kappa shape index (κ1) is 25.5. The zero-order valence-electron chi connectivity index (χ0n) is 19.3. The summed E-state index contributed by atoms with van der Waals surface area (Å²) in [6.45, 7) is 5.73. The second-order valence-electron chi connectivity index (χ2n) is 8.10. The maximum Gasteiger partial charge on any atom is 0.237 e. The molecular weight excluding hydrogens is 402 g/mol. The maximum atomic E-state index is 12.9. The van der Waals surface area contributed by atoms with Crippen LogP contribution in [-0.4, -0.2) is 42.4 Å². The summed E-state index contributed by atoms with van der Waals surface area (Å²) in [6, 6.07) is 12.9. The number of nitrogens with zero attached hydrogens (tertiary/aromatic N) is 1. The van der Waals surface area contributed by atoms with E-state index in [1.807, 2.05) is 31.2 Å². The van der Waals surface area contributed by atoms with Crippen molar-refractivity contribution in [3.63, 3.8) is 0 Å². The highest BCUT2D eigenvalue weighted by atomic mass is 16.2. The van der Waals surface area contributed by atoms with Gasteiger partial charge in [0.05, 0.1) is 12.1 Å². The van der Waals surface area contributed by atoms with Gasteiger partial charge in [-0.25, -0.2) is 4.98 Å². The lowest BCUT2D eigenvalue weighted by molar-refractivity contribution is -0.125. The maximum absolute atomic E-state index is 12.9. The van der Waals surface area contributed by atoms with Crippen LogP contribution in [0.15, 0.2) is 42.5 Å². The first-order chi connectivity index (χ1) is 15.5. The van der Waals surface area contributed by atoms with Gasteiger partial charge in [0.25, 0.3) is 0 Å². The third-order valence-electron chi connectivity index (χ3n) is 5.44. The number of carbonyl (C=O) groups excluding carboxylic acids is 2. The molecule has 174 valence electrons. The van der Waals surface area contributed by atoms with Crippen molar-refractivity contribution in [2.75, 3.05) is 18.8 Å². The average molecular weight is 440 g/mol. The summed E-state index contributed by atoms with van der Waals surface area (Å²) in [4.78, 5) is 28.8. The fourth-order valence-electron chi connectivity index (χ4n) is 3.51. The van der Waals surface area contributed by atoms with Crippen molar-refractivity contribution in [1.82, 2.24) is 20.9 Å². The van der Waals surface area contributed by atoms with E-state index in [1.54, 1.807) is 6.07 Å². The van der Waals surface area contributed by atoms with Crippen LogP contribution in [0.5, 0.6) is 0 Å². The summed E-state index contributed by atoms with van der Waals surface area (Å²) in [5.41, 5.74) is 8.74. The van der Waals surface area contributed by atoms with Gasteiger partial charge >= 0.3 is 0 Å². The highest BCUT2D eigenvalue weighted by Gasteiger charge is 2.21. The Labute approximate surface area is 191 Å². The van der Waals surface area contributed by atoms with Gasteiger partial charge in [0, 0.05) is 18.8 Å². The van der Waals surface area contributed by atoms with Crippen molar-refractivity contribution in [3.8, 4) is 0 Å². The summed E-state index contributed by atoms with van der Waals surface area (Å²) in [7, 11) is 0. The summed E-state index contributed by atoms with van der Waals surface area (Å²) in [5.74, 6) is 0.346. The topological polar surface area (TPSA) is 109 Å². The minimum atomic E-state index is -0.596. The van der Waals surface area contributed by atoms with E-state index in [4.69, 9.17) is 5.73 Å². The Kier molecular flexibility index (Phi) is 11.4. The van der Waals surface area contributed by atoms with Crippen LogP contribution in [0.1, 0.15) is 49.4 Å². The molecule has 0 saturated heterocycles. The fraction of sp³-hybridized carbons (Fsp3) is 0.480. The number of hydrogen-bond acceptors (Lipinski definition) is 6. The van der Waals surface area contributed by atoms with Gasteiger partial charge in [-0.05, 0) is 49.9 Å². The van der Waals surface area contributed by atoms with E-state index >= 15 is 0 Å². The SMILES string of the molecule is CCCCCN[C@H](CCc1ccccc1)C(=O)N[C@H](C=O)CNCc1ccc(N)nc1C. The number of unbranched alkanes of at least 4 members (excludes halogenated alkanes) is 2. The smallest absolute Gasteiger partial charge is 0.237 e. The van der Waals surface area contributed by atoms with E-state index in [2.05, 4.69) is 40.0 Å². The van der Waals surface area contributed by atoms with E-state index in [0.717, 1.165) is 49.8 Å². The predicted octanol–water partition coefficient (Wildman–Crippen LogP) is 2.53. The molecule has 0 unspecified atom stereocenters. The molecule has 0 aliphatic carbocycles. The second-order valence-corrected chi connectivity index (χ2v) is 8.10. The lowest BCUT2D eigenvalue weighted by Crippen LogP contribution is -2.51.